The summed E-state index contributed by atoms with van der Waals surface area (Å²) in [4.78, 5) is 5.32. The van der Waals surface area contributed by atoms with Gasteiger partial charge in [0.15, 0.2) is 0 Å². The Labute approximate surface area is 184 Å². The molecule has 2 nitrogen and oxygen atoms in total. The number of rotatable bonds is 2. The second-order valence-corrected chi connectivity index (χ2v) is 10.8. The Balaban J connectivity index is 1.71. The topological polar surface area (TPSA) is 6.48 Å². The van der Waals surface area contributed by atoms with Gasteiger partial charge in [-0.2, -0.15) is 0 Å². The largest absolute Gasteiger partial charge is 0.346 e. The first-order valence-corrected chi connectivity index (χ1v) is 12.0. The van der Waals surface area contributed by atoms with Gasteiger partial charge in [-0.05, 0) is 55.9 Å². The number of hydrogen-bond donors (Lipinski definition) is 0. The van der Waals surface area contributed by atoms with Crippen molar-refractivity contribution >= 4 is 11.4 Å². The van der Waals surface area contributed by atoms with Crippen LogP contribution in [0.25, 0.3) is 0 Å². The molecule has 2 heterocycles. The Morgan fingerprint density at radius 1 is 0.867 bits per heavy atom. The average Bonchev–Trinajstić information content (AvgIpc) is 3.21. The summed E-state index contributed by atoms with van der Waals surface area (Å²) in [5.74, 6) is -0.102. The van der Waals surface area contributed by atoms with E-state index in [9.17, 15) is 1.37 Å². The van der Waals surface area contributed by atoms with Gasteiger partial charge in [-0.1, -0.05) is 76.4 Å². The molecule has 4 atom stereocenters. The van der Waals surface area contributed by atoms with Crippen LogP contribution in [-0.4, -0.2) is 18.2 Å². The monoisotopic (exact) mass is 403 g/mol. The summed E-state index contributed by atoms with van der Waals surface area (Å²) in [6.07, 6.45) is 6.50. The van der Waals surface area contributed by atoms with Crippen LogP contribution in [0.2, 0.25) is 0 Å². The number of para-hydroxylation sites is 2. The molecule has 0 N–H and O–H groups in total. The van der Waals surface area contributed by atoms with Crippen LogP contribution in [0.4, 0.5) is 11.4 Å². The molecule has 0 aromatic heterocycles. The standard InChI is InChI=1S/C28H38N2/c1-19-13-9-11-17-23(19)29-20(2)26-25(21-14-7-6-8-15-21)22-16-10-12-18-24(22)30(26)27(29)28(3,4)5/h9-13,16-18,20-21,25-27H,6-8,14-15H2,1-5H3/t20-,25?,26?,27?/m0/s1/i25D. The van der Waals surface area contributed by atoms with Gasteiger partial charge in [0.1, 0.15) is 6.17 Å². The van der Waals surface area contributed by atoms with Gasteiger partial charge in [-0.3, -0.25) is 0 Å². The van der Waals surface area contributed by atoms with E-state index >= 15 is 0 Å². The number of benzene rings is 2. The van der Waals surface area contributed by atoms with E-state index < -0.39 is 5.89 Å². The quantitative estimate of drug-likeness (QED) is 0.526. The second-order valence-electron chi connectivity index (χ2n) is 10.8. The molecular formula is C28H38N2. The summed E-state index contributed by atoms with van der Waals surface area (Å²) in [6.45, 7) is 11.7. The highest BCUT2D eigenvalue weighted by atomic mass is 15.5. The van der Waals surface area contributed by atoms with Crippen molar-refractivity contribution in [2.45, 2.75) is 90.9 Å². The van der Waals surface area contributed by atoms with E-state index in [0.717, 1.165) is 0 Å². The van der Waals surface area contributed by atoms with Crippen LogP contribution in [0.15, 0.2) is 48.5 Å². The lowest BCUT2D eigenvalue weighted by Gasteiger charge is -2.42. The fraction of sp³-hybridized carbons (Fsp3) is 0.571. The summed E-state index contributed by atoms with van der Waals surface area (Å²) in [6, 6.07) is 18.1. The van der Waals surface area contributed by atoms with Crippen molar-refractivity contribution in [2.75, 3.05) is 9.80 Å². The van der Waals surface area contributed by atoms with Crippen LogP contribution in [0, 0.1) is 18.3 Å². The van der Waals surface area contributed by atoms with Gasteiger partial charge < -0.3 is 9.80 Å². The predicted molar refractivity (Wildman–Crippen MR) is 128 cm³/mol. The Hall–Kier alpha value is -1.96. The van der Waals surface area contributed by atoms with Gasteiger partial charge in [0, 0.05) is 30.1 Å². The Morgan fingerprint density at radius 2 is 1.50 bits per heavy atom. The van der Waals surface area contributed by atoms with E-state index in [1.165, 1.54) is 54.6 Å². The molecule has 160 valence electrons. The molecule has 2 heteroatoms. The third kappa shape index (κ3) is 2.98. The molecule has 0 radical (unpaired) electrons. The minimum Gasteiger partial charge on any atom is -0.346 e. The highest BCUT2D eigenvalue weighted by Crippen LogP contribution is 2.56. The summed E-state index contributed by atoms with van der Waals surface area (Å²) in [7, 11) is 0. The molecule has 2 aromatic rings. The number of hydrogen-bond acceptors (Lipinski definition) is 2. The maximum absolute atomic E-state index is 10.1. The molecule has 0 amide bonds. The smallest absolute Gasteiger partial charge is 0.107 e. The van der Waals surface area contributed by atoms with Crippen molar-refractivity contribution in [2.24, 2.45) is 11.3 Å². The van der Waals surface area contributed by atoms with Crippen LogP contribution in [0.1, 0.15) is 78.2 Å². The second kappa shape index (κ2) is 7.32. The summed E-state index contributed by atoms with van der Waals surface area (Å²) in [5, 5.41) is 0. The van der Waals surface area contributed by atoms with E-state index in [-0.39, 0.29) is 23.7 Å². The third-order valence-corrected chi connectivity index (χ3v) is 7.75. The molecule has 2 fully saturated rings. The molecule has 2 aromatic carbocycles. The zero-order chi connectivity index (χ0) is 22.0. The zero-order valence-electron chi connectivity index (χ0n) is 20.4. The van der Waals surface area contributed by atoms with Crippen molar-refractivity contribution < 1.29 is 1.37 Å². The van der Waals surface area contributed by atoms with Gasteiger partial charge in [-0.15, -0.1) is 0 Å². The van der Waals surface area contributed by atoms with Crippen LogP contribution in [0.5, 0.6) is 0 Å². The average molecular weight is 404 g/mol. The van der Waals surface area contributed by atoms with E-state index in [1.807, 2.05) is 0 Å². The highest BCUT2D eigenvalue weighted by molar-refractivity contribution is 5.70. The minimum atomic E-state index is -0.544. The van der Waals surface area contributed by atoms with E-state index in [4.69, 9.17) is 0 Å². The first kappa shape index (κ1) is 18.8. The molecule has 3 aliphatic rings. The van der Waals surface area contributed by atoms with Gasteiger partial charge in [0.05, 0.1) is 6.04 Å². The molecule has 1 aliphatic carbocycles. The van der Waals surface area contributed by atoms with Crippen LogP contribution >= 0.6 is 0 Å². The number of nitrogens with zero attached hydrogens (tertiary/aromatic N) is 2. The van der Waals surface area contributed by atoms with Gasteiger partial charge >= 0.3 is 0 Å². The lowest BCUT2D eigenvalue weighted by atomic mass is 9.73. The van der Waals surface area contributed by atoms with Crippen LogP contribution in [-0.2, 0) is 0 Å². The van der Waals surface area contributed by atoms with Crippen LogP contribution < -0.4 is 9.80 Å². The zero-order valence-corrected chi connectivity index (χ0v) is 19.4. The first-order chi connectivity index (χ1) is 14.8. The van der Waals surface area contributed by atoms with Gasteiger partial charge in [-0.25, -0.2) is 0 Å². The molecule has 2 aliphatic heterocycles. The van der Waals surface area contributed by atoms with Crippen molar-refractivity contribution in [1.82, 2.24) is 0 Å². The maximum atomic E-state index is 10.1. The molecule has 0 bridgehead atoms. The van der Waals surface area contributed by atoms with Crippen molar-refractivity contribution in [3.8, 4) is 0 Å². The lowest BCUT2D eigenvalue weighted by molar-refractivity contribution is 0.275. The molecule has 1 saturated heterocycles. The highest BCUT2D eigenvalue weighted by Gasteiger charge is 2.57. The third-order valence-electron chi connectivity index (χ3n) is 7.75. The molecule has 3 unspecified atom stereocenters. The summed E-state index contributed by atoms with van der Waals surface area (Å²) >= 11 is 0. The summed E-state index contributed by atoms with van der Waals surface area (Å²) in [5.41, 5.74) is 5.28. The Morgan fingerprint density at radius 3 is 2.17 bits per heavy atom. The fourth-order valence-corrected chi connectivity index (χ4v) is 6.60. The first-order valence-electron chi connectivity index (χ1n) is 12.5. The fourth-order valence-electron chi connectivity index (χ4n) is 6.60. The van der Waals surface area contributed by atoms with Crippen molar-refractivity contribution in [3.05, 3.63) is 59.7 Å². The number of fused-ring (bicyclic) bond motifs is 3. The molecule has 30 heavy (non-hydrogen) atoms. The molecule has 1 saturated carbocycles. The van der Waals surface area contributed by atoms with Gasteiger partial charge in [0.2, 0.25) is 0 Å². The van der Waals surface area contributed by atoms with Crippen molar-refractivity contribution in [1.29, 1.82) is 0 Å². The predicted octanol–water partition coefficient (Wildman–Crippen LogP) is 7.13. The molecule has 5 rings (SSSR count). The Kier molecular flexibility index (Phi) is 4.58. The van der Waals surface area contributed by atoms with Crippen LogP contribution in [0.3, 0.4) is 0 Å². The normalized spacial score (nSPS) is 32.2. The lowest BCUT2D eigenvalue weighted by Crippen LogP contribution is -2.49. The van der Waals surface area contributed by atoms with E-state index in [1.54, 1.807) is 0 Å². The van der Waals surface area contributed by atoms with E-state index in [0.29, 0.717) is 5.92 Å². The van der Waals surface area contributed by atoms with E-state index in [2.05, 4.69) is 92.9 Å². The Bertz CT molecular complexity index is 957. The SMILES string of the molecule is [2H]C1(C2CCCCC2)c2ccccc2N2C(C(C)(C)C)N(c3ccccc3C)[C@@H](C)C21. The van der Waals surface area contributed by atoms with Gasteiger partial charge in [0.25, 0.3) is 0 Å². The number of anilines is 2. The molecule has 0 spiro atoms. The van der Waals surface area contributed by atoms with Crippen molar-refractivity contribution in [3.63, 3.8) is 0 Å². The molecular weight excluding hydrogens is 364 g/mol. The minimum absolute atomic E-state index is 0.0518. The summed E-state index contributed by atoms with van der Waals surface area (Å²) < 4.78 is 10.1. The maximum Gasteiger partial charge on any atom is 0.107 e. The number of aryl methyl sites for hydroxylation is 1.